The third kappa shape index (κ3) is 3.43. The Hall–Kier alpha value is -0.120. The standard InChI is InChI=1S/C14H28N2O/c1-17-13-6-3-8-14(10-13,11-15)16-9-7-12-4-2-5-12/h12-13,16H,2-11,15H2,1H3. The van der Waals surface area contributed by atoms with E-state index in [2.05, 4.69) is 5.32 Å². The summed E-state index contributed by atoms with van der Waals surface area (Å²) in [5, 5.41) is 3.74. The predicted octanol–water partition coefficient (Wildman–Crippen LogP) is 2.05. The topological polar surface area (TPSA) is 47.3 Å². The van der Waals surface area contributed by atoms with Crippen molar-refractivity contribution in [1.82, 2.24) is 5.32 Å². The smallest absolute Gasteiger partial charge is 0.0589 e. The summed E-state index contributed by atoms with van der Waals surface area (Å²) in [5.41, 5.74) is 6.16. The number of nitrogens with one attached hydrogen (secondary N) is 1. The van der Waals surface area contributed by atoms with E-state index in [0.29, 0.717) is 6.10 Å². The number of rotatable bonds is 6. The molecule has 100 valence electrons. The van der Waals surface area contributed by atoms with Crippen LogP contribution in [0.2, 0.25) is 0 Å². The third-order valence-corrected chi connectivity index (χ3v) is 4.80. The second kappa shape index (κ2) is 6.17. The van der Waals surface area contributed by atoms with E-state index in [1.54, 1.807) is 0 Å². The van der Waals surface area contributed by atoms with Crippen LogP contribution in [0.25, 0.3) is 0 Å². The van der Waals surface area contributed by atoms with E-state index in [1.165, 1.54) is 44.9 Å². The average molecular weight is 240 g/mol. The maximum Gasteiger partial charge on any atom is 0.0589 e. The van der Waals surface area contributed by atoms with E-state index in [9.17, 15) is 0 Å². The highest BCUT2D eigenvalue weighted by atomic mass is 16.5. The Kier molecular flexibility index (Phi) is 4.83. The van der Waals surface area contributed by atoms with E-state index in [-0.39, 0.29) is 5.54 Å². The second-order valence-electron chi connectivity index (χ2n) is 5.95. The van der Waals surface area contributed by atoms with Gasteiger partial charge in [-0.3, -0.25) is 0 Å². The van der Waals surface area contributed by atoms with Crippen LogP contribution in [-0.2, 0) is 4.74 Å². The number of methoxy groups -OCH3 is 1. The lowest BCUT2D eigenvalue weighted by molar-refractivity contribution is 0.0322. The van der Waals surface area contributed by atoms with Crippen molar-refractivity contribution in [3.63, 3.8) is 0 Å². The second-order valence-corrected chi connectivity index (χ2v) is 5.95. The van der Waals surface area contributed by atoms with Gasteiger partial charge < -0.3 is 15.8 Å². The molecule has 2 unspecified atom stereocenters. The van der Waals surface area contributed by atoms with Crippen molar-refractivity contribution in [1.29, 1.82) is 0 Å². The first kappa shape index (κ1) is 13.3. The maximum absolute atomic E-state index is 6.00. The van der Waals surface area contributed by atoms with Gasteiger partial charge in [-0.1, -0.05) is 19.3 Å². The Morgan fingerprint density at radius 3 is 2.71 bits per heavy atom. The molecule has 2 saturated carbocycles. The first-order valence-electron chi connectivity index (χ1n) is 7.26. The van der Waals surface area contributed by atoms with Crippen molar-refractivity contribution in [2.75, 3.05) is 20.2 Å². The van der Waals surface area contributed by atoms with Crippen LogP contribution in [0.4, 0.5) is 0 Å². The van der Waals surface area contributed by atoms with Crippen LogP contribution in [0.15, 0.2) is 0 Å². The molecule has 3 N–H and O–H groups in total. The van der Waals surface area contributed by atoms with Crippen LogP contribution in [-0.4, -0.2) is 31.8 Å². The van der Waals surface area contributed by atoms with E-state index in [1.807, 2.05) is 7.11 Å². The molecule has 2 rings (SSSR count). The van der Waals surface area contributed by atoms with Gasteiger partial charge in [0.05, 0.1) is 6.10 Å². The van der Waals surface area contributed by atoms with Gasteiger partial charge in [0.15, 0.2) is 0 Å². The summed E-state index contributed by atoms with van der Waals surface area (Å²) in [4.78, 5) is 0. The molecular formula is C14H28N2O. The van der Waals surface area contributed by atoms with Gasteiger partial charge in [-0.05, 0) is 44.6 Å². The molecule has 0 aromatic carbocycles. The highest BCUT2D eigenvalue weighted by Crippen LogP contribution is 2.31. The van der Waals surface area contributed by atoms with Gasteiger partial charge >= 0.3 is 0 Å². The molecule has 0 heterocycles. The number of nitrogens with two attached hydrogens (primary N) is 1. The zero-order valence-electron chi connectivity index (χ0n) is 11.2. The molecule has 0 spiro atoms. The molecule has 0 saturated heterocycles. The normalized spacial score (nSPS) is 34.6. The predicted molar refractivity (Wildman–Crippen MR) is 71.0 cm³/mol. The molecule has 2 fully saturated rings. The number of hydrogen-bond acceptors (Lipinski definition) is 3. The quantitative estimate of drug-likeness (QED) is 0.747. The lowest BCUT2D eigenvalue weighted by atomic mass is 9.79. The molecule has 0 radical (unpaired) electrons. The van der Waals surface area contributed by atoms with Crippen LogP contribution < -0.4 is 11.1 Å². The fraction of sp³-hybridized carbons (Fsp3) is 1.00. The molecule has 0 aromatic rings. The van der Waals surface area contributed by atoms with Crippen molar-refractivity contribution in [2.24, 2.45) is 11.7 Å². The van der Waals surface area contributed by atoms with Gasteiger partial charge in [-0.25, -0.2) is 0 Å². The fourth-order valence-corrected chi connectivity index (χ4v) is 3.25. The summed E-state index contributed by atoms with van der Waals surface area (Å²) >= 11 is 0. The lowest BCUT2D eigenvalue weighted by Crippen LogP contribution is -2.55. The van der Waals surface area contributed by atoms with Crippen molar-refractivity contribution in [3.05, 3.63) is 0 Å². The lowest BCUT2D eigenvalue weighted by Gasteiger charge is -2.41. The van der Waals surface area contributed by atoms with Crippen LogP contribution in [0, 0.1) is 5.92 Å². The molecule has 0 aromatic heterocycles. The Bertz CT molecular complexity index is 230. The third-order valence-electron chi connectivity index (χ3n) is 4.80. The van der Waals surface area contributed by atoms with E-state index >= 15 is 0 Å². The van der Waals surface area contributed by atoms with Gasteiger partial charge in [0.1, 0.15) is 0 Å². The number of ether oxygens (including phenoxy) is 1. The first-order chi connectivity index (χ1) is 8.28. The van der Waals surface area contributed by atoms with Gasteiger partial charge in [0.2, 0.25) is 0 Å². The number of hydrogen-bond donors (Lipinski definition) is 2. The largest absolute Gasteiger partial charge is 0.381 e. The Morgan fingerprint density at radius 2 is 2.12 bits per heavy atom. The van der Waals surface area contributed by atoms with Crippen molar-refractivity contribution in [2.45, 2.75) is 63.0 Å². The minimum Gasteiger partial charge on any atom is -0.381 e. The molecule has 0 amide bonds. The zero-order valence-corrected chi connectivity index (χ0v) is 11.2. The van der Waals surface area contributed by atoms with Gasteiger partial charge in [0, 0.05) is 19.2 Å². The minimum atomic E-state index is 0.155. The highest BCUT2D eigenvalue weighted by molar-refractivity contribution is 4.95. The van der Waals surface area contributed by atoms with Gasteiger partial charge in [-0.15, -0.1) is 0 Å². The molecule has 2 aliphatic carbocycles. The van der Waals surface area contributed by atoms with Crippen molar-refractivity contribution in [3.8, 4) is 0 Å². The SMILES string of the molecule is COC1CCCC(CN)(NCCC2CCC2)C1. The molecule has 0 bridgehead atoms. The Morgan fingerprint density at radius 1 is 1.29 bits per heavy atom. The van der Waals surface area contributed by atoms with Gasteiger partial charge in [-0.2, -0.15) is 0 Å². The summed E-state index contributed by atoms with van der Waals surface area (Å²) in [6, 6.07) is 0. The zero-order chi connectivity index (χ0) is 12.1. The van der Waals surface area contributed by atoms with Crippen LogP contribution in [0.5, 0.6) is 0 Å². The van der Waals surface area contributed by atoms with Crippen LogP contribution in [0.1, 0.15) is 51.4 Å². The molecular weight excluding hydrogens is 212 g/mol. The van der Waals surface area contributed by atoms with E-state index < -0.39 is 0 Å². The minimum absolute atomic E-state index is 0.155. The Labute approximate surface area is 105 Å². The van der Waals surface area contributed by atoms with Gasteiger partial charge in [0.25, 0.3) is 0 Å². The Balaban J connectivity index is 1.76. The van der Waals surface area contributed by atoms with Crippen LogP contribution >= 0.6 is 0 Å². The van der Waals surface area contributed by atoms with Crippen molar-refractivity contribution < 1.29 is 4.74 Å². The molecule has 2 atom stereocenters. The van der Waals surface area contributed by atoms with Crippen LogP contribution in [0.3, 0.4) is 0 Å². The summed E-state index contributed by atoms with van der Waals surface area (Å²) < 4.78 is 5.51. The van der Waals surface area contributed by atoms with Crippen molar-refractivity contribution >= 4 is 0 Å². The summed E-state index contributed by atoms with van der Waals surface area (Å²) in [7, 11) is 1.83. The van der Waals surface area contributed by atoms with E-state index in [0.717, 1.165) is 25.4 Å². The summed E-state index contributed by atoms with van der Waals surface area (Å²) in [6.45, 7) is 1.88. The molecule has 3 heteroatoms. The molecule has 2 aliphatic rings. The molecule has 17 heavy (non-hydrogen) atoms. The highest BCUT2D eigenvalue weighted by Gasteiger charge is 2.35. The van der Waals surface area contributed by atoms with E-state index in [4.69, 9.17) is 10.5 Å². The monoisotopic (exact) mass is 240 g/mol. The first-order valence-corrected chi connectivity index (χ1v) is 7.26. The fourth-order valence-electron chi connectivity index (χ4n) is 3.25. The average Bonchev–Trinajstić information content (AvgIpc) is 2.32. The summed E-state index contributed by atoms with van der Waals surface area (Å²) in [5.74, 6) is 0.985. The molecule has 3 nitrogen and oxygen atoms in total. The maximum atomic E-state index is 6.00. The summed E-state index contributed by atoms with van der Waals surface area (Å²) in [6.07, 6.45) is 10.8. The molecule has 0 aliphatic heterocycles.